The summed E-state index contributed by atoms with van der Waals surface area (Å²) < 4.78 is 1.83. The predicted octanol–water partition coefficient (Wildman–Crippen LogP) is 3.92. The number of benzene rings is 1. The van der Waals surface area contributed by atoms with E-state index in [-0.39, 0.29) is 11.7 Å². The third kappa shape index (κ3) is 3.86. The number of fused-ring (bicyclic) bond motifs is 1. The van der Waals surface area contributed by atoms with Gasteiger partial charge in [0.15, 0.2) is 5.82 Å². The summed E-state index contributed by atoms with van der Waals surface area (Å²) in [7, 11) is 0. The van der Waals surface area contributed by atoms with E-state index in [0.29, 0.717) is 34.5 Å². The lowest BCUT2D eigenvalue weighted by atomic mass is 10.1. The van der Waals surface area contributed by atoms with Gasteiger partial charge in [-0.2, -0.15) is 0 Å². The predicted molar refractivity (Wildman–Crippen MR) is 102 cm³/mol. The Morgan fingerprint density at radius 1 is 1.23 bits per heavy atom. The van der Waals surface area contributed by atoms with E-state index in [1.807, 2.05) is 11.5 Å². The normalized spacial score (nSPS) is 13.2. The number of amides is 2. The zero-order valence-corrected chi connectivity index (χ0v) is 16.0. The third-order valence-corrected chi connectivity index (χ3v) is 4.81. The Bertz CT molecular complexity index is 848. The van der Waals surface area contributed by atoms with Crippen molar-refractivity contribution in [3.63, 3.8) is 0 Å². The number of aromatic nitrogens is 2. The summed E-state index contributed by atoms with van der Waals surface area (Å²) in [5.74, 6) is -0.429. The van der Waals surface area contributed by atoms with Crippen LogP contribution in [0.5, 0.6) is 0 Å². The van der Waals surface area contributed by atoms with Gasteiger partial charge in [-0.15, -0.1) is 0 Å². The van der Waals surface area contributed by atoms with Crippen LogP contribution in [0.1, 0.15) is 53.0 Å². The average molecular weight is 395 g/mol. The highest BCUT2D eigenvalue weighted by Gasteiger charge is 2.27. The maximum atomic E-state index is 12.8. The van der Waals surface area contributed by atoms with Gasteiger partial charge in [-0.3, -0.25) is 9.59 Å². The van der Waals surface area contributed by atoms with Gasteiger partial charge in [0.25, 0.3) is 11.8 Å². The van der Waals surface area contributed by atoms with Crippen molar-refractivity contribution in [2.45, 2.75) is 39.2 Å². The topological polar surface area (TPSA) is 76.0 Å². The molecule has 0 bridgehead atoms. The average Bonchev–Trinajstić information content (AvgIpc) is 3.02. The molecule has 3 rings (SSSR count). The highest BCUT2D eigenvalue weighted by atomic mass is 35.5. The summed E-state index contributed by atoms with van der Waals surface area (Å²) >= 11 is 12.1. The van der Waals surface area contributed by atoms with Crippen LogP contribution in [0.3, 0.4) is 0 Å². The summed E-state index contributed by atoms with van der Waals surface area (Å²) in [4.78, 5) is 29.5. The fourth-order valence-corrected chi connectivity index (χ4v) is 3.33. The molecule has 138 valence electrons. The second-order valence-electron chi connectivity index (χ2n) is 6.17. The van der Waals surface area contributed by atoms with Crippen LogP contribution in [0.2, 0.25) is 10.0 Å². The highest BCUT2D eigenvalue weighted by molar-refractivity contribution is 6.35. The largest absolute Gasteiger partial charge is 0.351 e. The fraction of sp³-hybridized carbons (Fsp3) is 0.389. The van der Waals surface area contributed by atoms with Gasteiger partial charge in [0, 0.05) is 18.1 Å². The standard InChI is InChI=1S/C18H20Cl2N4O2/c1-2-8-21-17(25)15-14-5-3-4-9-24(14)16(23-15)18(26)22-13-10-11(19)6-7-12(13)20/h6-7,10H,2-5,8-9H2,1H3,(H,21,25)(H,22,26). The number of nitrogens with zero attached hydrogens (tertiary/aromatic N) is 2. The monoisotopic (exact) mass is 394 g/mol. The van der Waals surface area contributed by atoms with Crippen LogP contribution in [0.25, 0.3) is 0 Å². The van der Waals surface area contributed by atoms with Gasteiger partial charge in [-0.1, -0.05) is 30.1 Å². The lowest BCUT2D eigenvalue weighted by Crippen LogP contribution is -2.26. The zero-order valence-electron chi connectivity index (χ0n) is 14.4. The lowest BCUT2D eigenvalue weighted by molar-refractivity contribution is 0.0947. The van der Waals surface area contributed by atoms with Crippen LogP contribution < -0.4 is 10.6 Å². The number of halogens is 2. The van der Waals surface area contributed by atoms with Gasteiger partial charge in [0.05, 0.1) is 16.4 Å². The number of carbonyl (C=O) groups is 2. The number of hydrogen-bond acceptors (Lipinski definition) is 3. The molecule has 0 spiro atoms. The minimum absolute atomic E-state index is 0.220. The maximum absolute atomic E-state index is 12.8. The molecular formula is C18H20Cl2N4O2. The Balaban J connectivity index is 1.91. The number of imidazole rings is 1. The molecule has 0 saturated heterocycles. The van der Waals surface area contributed by atoms with E-state index >= 15 is 0 Å². The van der Waals surface area contributed by atoms with Gasteiger partial charge >= 0.3 is 0 Å². The summed E-state index contributed by atoms with van der Waals surface area (Å²) in [6.45, 7) is 3.22. The molecule has 2 aromatic rings. The van der Waals surface area contributed by atoms with E-state index in [0.717, 1.165) is 31.4 Å². The molecule has 8 heteroatoms. The van der Waals surface area contributed by atoms with Gasteiger partial charge in [-0.25, -0.2) is 4.98 Å². The minimum atomic E-state index is -0.410. The van der Waals surface area contributed by atoms with Crippen molar-refractivity contribution in [2.24, 2.45) is 0 Å². The van der Waals surface area contributed by atoms with Crippen molar-refractivity contribution in [1.29, 1.82) is 0 Å². The first-order valence-corrected chi connectivity index (χ1v) is 9.41. The number of rotatable bonds is 5. The van der Waals surface area contributed by atoms with E-state index in [2.05, 4.69) is 15.6 Å². The first kappa shape index (κ1) is 18.7. The first-order valence-electron chi connectivity index (χ1n) is 8.65. The second kappa shape index (κ2) is 8.10. The van der Waals surface area contributed by atoms with E-state index in [4.69, 9.17) is 23.2 Å². The van der Waals surface area contributed by atoms with E-state index in [9.17, 15) is 9.59 Å². The van der Waals surface area contributed by atoms with E-state index in [1.165, 1.54) is 0 Å². The van der Waals surface area contributed by atoms with Crippen LogP contribution in [0.4, 0.5) is 5.69 Å². The van der Waals surface area contributed by atoms with Crippen molar-refractivity contribution >= 4 is 40.7 Å². The summed E-state index contributed by atoms with van der Waals surface area (Å²) in [6.07, 6.45) is 3.48. The third-order valence-electron chi connectivity index (χ3n) is 4.25. The van der Waals surface area contributed by atoms with Gasteiger partial charge in [0.2, 0.25) is 0 Å². The molecule has 0 fully saturated rings. The molecule has 1 aromatic heterocycles. The molecule has 1 aliphatic rings. The zero-order chi connectivity index (χ0) is 18.7. The molecule has 0 radical (unpaired) electrons. The van der Waals surface area contributed by atoms with Crippen LogP contribution >= 0.6 is 23.2 Å². The molecule has 0 unspecified atom stereocenters. The summed E-state index contributed by atoms with van der Waals surface area (Å²) in [6, 6.07) is 4.84. The molecule has 2 amide bonds. The van der Waals surface area contributed by atoms with Crippen molar-refractivity contribution in [3.8, 4) is 0 Å². The lowest BCUT2D eigenvalue weighted by Gasteiger charge is -2.17. The molecule has 2 heterocycles. The molecule has 1 aliphatic heterocycles. The van der Waals surface area contributed by atoms with Crippen molar-refractivity contribution in [3.05, 3.63) is 45.5 Å². The Morgan fingerprint density at radius 2 is 2.04 bits per heavy atom. The van der Waals surface area contributed by atoms with Crippen LogP contribution in [0, 0.1) is 0 Å². The SMILES string of the molecule is CCCNC(=O)c1nc(C(=O)Nc2cc(Cl)ccc2Cl)n2c1CCCC2. The molecule has 26 heavy (non-hydrogen) atoms. The Morgan fingerprint density at radius 3 is 2.81 bits per heavy atom. The molecule has 0 saturated carbocycles. The van der Waals surface area contributed by atoms with Crippen molar-refractivity contribution in [1.82, 2.24) is 14.9 Å². The highest BCUT2D eigenvalue weighted by Crippen LogP contribution is 2.27. The quantitative estimate of drug-likeness (QED) is 0.806. The summed E-state index contributed by atoms with van der Waals surface area (Å²) in [5, 5.41) is 6.43. The Labute approximate surface area is 161 Å². The molecule has 6 nitrogen and oxygen atoms in total. The number of hydrogen-bond donors (Lipinski definition) is 2. The van der Waals surface area contributed by atoms with Crippen LogP contribution in [-0.4, -0.2) is 27.9 Å². The second-order valence-corrected chi connectivity index (χ2v) is 7.02. The summed E-state index contributed by atoms with van der Waals surface area (Å²) in [5.41, 5.74) is 1.56. The van der Waals surface area contributed by atoms with Crippen LogP contribution in [-0.2, 0) is 13.0 Å². The van der Waals surface area contributed by atoms with Crippen molar-refractivity contribution in [2.75, 3.05) is 11.9 Å². The van der Waals surface area contributed by atoms with E-state index in [1.54, 1.807) is 18.2 Å². The maximum Gasteiger partial charge on any atom is 0.291 e. The fourth-order valence-electron chi connectivity index (χ4n) is 2.99. The molecular weight excluding hydrogens is 375 g/mol. The van der Waals surface area contributed by atoms with Crippen LogP contribution in [0.15, 0.2) is 18.2 Å². The number of anilines is 1. The van der Waals surface area contributed by atoms with E-state index < -0.39 is 5.91 Å². The Hall–Kier alpha value is -2.05. The van der Waals surface area contributed by atoms with Crippen molar-refractivity contribution < 1.29 is 9.59 Å². The minimum Gasteiger partial charge on any atom is -0.351 e. The van der Waals surface area contributed by atoms with Gasteiger partial charge in [-0.05, 0) is 43.9 Å². The molecule has 0 aliphatic carbocycles. The van der Waals surface area contributed by atoms with Gasteiger partial charge < -0.3 is 15.2 Å². The number of carbonyl (C=O) groups excluding carboxylic acids is 2. The Kier molecular flexibility index (Phi) is 5.84. The first-order chi connectivity index (χ1) is 12.5. The molecule has 1 aromatic carbocycles. The molecule has 2 N–H and O–H groups in total. The molecule has 0 atom stereocenters. The van der Waals surface area contributed by atoms with Gasteiger partial charge in [0.1, 0.15) is 5.69 Å². The number of nitrogens with one attached hydrogen (secondary N) is 2. The smallest absolute Gasteiger partial charge is 0.291 e.